The van der Waals surface area contributed by atoms with E-state index >= 15 is 0 Å². The van der Waals surface area contributed by atoms with Crippen LogP contribution in [0.1, 0.15) is 32.0 Å². The standard InChI is InChI=1S/C15H21N3O/c1-15(2,3)10-5-6-13-12(7-10)14(18-16)8-11(17-13)9-19-4/h5-8H,9,16H2,1-4H3,(H,17,18). The van der Waals surface area contributed by atoms with E-state index in [9.17, 15) is 0 Å². The van der Waals surface area contributed by atoms with Crippen molar-refractivity contribution in [3.8, 4) is 0 Å². The highest BCUT2D eigenvalue weighted by molar-refractivity contribution is 5.92. The molecule has 4 nitrogen and oxygen atoms in total. The minimum atomic E-state index is 0.102. The number of nitrogens with zero attached hydrogens (tertiary/aromatic N) is 1. The summed E-state index contributed by atoms with van der Waals surface area (Å²) in [6.07, 6.45) is 0. The molecule has 0 aliphatic carbocycles. The molecule has 0 aliphatic rings. The average molecular weight is 259 g/mol. The molecular formula is C15H21N3O. The van der Waals surface area contributed by atoms with E-state index in [0.29, 0.717) is 6.61 Å². The first-order valence-electron chi connectivity index (χ1n) is 6.35. The smallest absolute Gasteiger partial charge is 0.0885 e. The topological polar surface area (TPSA) is 60.2 Å². The van der Waals surface area contributed by atoms with Gasteiger partial charge in [0, 0.05) is 12.5 Å². The van der Waals surface area contributed by atoms with Crippen LogP contribution in [0.2, 0.25) is 0 Å². The van der Waals surface area contributed by atoms with Crippen LogP contribution in [0.5, 0.6) is 0 Å². The van der Waals surface area contributed by atoms with Crippen LogP contribution in [0.25, 0.3) is 10.9 Å². The molecule has 2 rings (SSSR count). The van der Waals surface area contributed by atoms with Gasteiger partial charge >= 0.3 is 0 Å². The van der Waals surface area contributed by atoms with Crippen molar-refractivity contribution >= 4 is 16.6 Å². The van der Waals surface area contributed by atoms with Crippen molar-refractivity contribution in [1.29, 1.82) is 0 Å². The molecule has 2 aromatic rings. The van der Waals surface area contributed by atoms with E-state index in [1.165, 1.54) is 5.56 Å². The molecule has 1 aromatic heterocycles. The van der Waals surface area contributed by atoms with Crippen molar-refractivity contribution in [3.05, 3.63) is 35.5 Å². The summed E-state index contributed by atoms with van der Waals surface area (Å²) in [6, 6.07) is 8.23. The molecule has 1 heterocycles. The van der Waals surface area contributed by atoms with Crippen LogP contribution in [0.3, 0.4) is 0 Å². The lowest BCUT2D eigenvalue weighted by molar-refractivity contribution is 0.182. The number of fused-ring (bicyclic) bond motifs is 1. The predicted molar refractivity (Wildman–Crippen MR) is 79.0 cm³/mol. The van der Waals surface area contributed by atoms with Gasteiger partial charge in [0.1, 0.15) is 0 Å². The molecule has 0 unspecified atom stereocenters. The Balaban J connectivity index is 2.62. The van der Waals surface area contributed by atoms with Gasteiger partial charge in [-0.25, -0.2) is 0 Å². The number of anilines is 1. The average Bonchev–Trinajstić information content (AvgIpc) is 2.36. The van der Waals surface area contributed by atoms with E-state index in [-0.39, 0.29) is 5.41 Å². The number of pyridine rings is 1. The van der Waals surface area contributed by atoms with Crippen LogP contribution in [-0.4, -0.2) is 12.1 Å². The van der Waals surface area contributed by atoms with Crippen molar-refractivity contribution < 1.29 is 4.74 Å². The molecule has 0 saturated heterocycles. The third kappa shape index (κ3) is 2.85. The Morgan fingerprint density at radius 2 is 2.00 bits per heavy atom. The van der Waals surface area contributed by atoms with Gasteiger partial charge in [0.15, 0.2) is 0 Å². The minimum absolute atomic E-state index is 0.102. The van der Waals surface area contributed by atoms with Gasteiger partial charge in [0.05, 0.1) is 23.5 Å². The fourth-order valence-electron chi connectivity index (χ4n) is 2.09. The fourth-order valence-corrected chi connectivity index (χ4v) is 2.09. The van der Waals surface area contributed by atoms with Crippen LogP contribution in [0, 0.1) is 0 Å². The number of ether oxygens (including phenoxy) is 1. The molecule has 19 heavy (non-hydrogen) atoms. The van der Waals surface area contributed by atoms with Crippen LogP contribution < -0.4 is 11.3 Å². The van der Waals surface area contributed by atoms with E-state index < -0.39 is 0 Å². The zero-order valence-electron chi connectivity index (χ0n) is 11.9. The van der Waals surface area contributed by atoms with E-state index in [1.807, 2.05) is 12.1 Å². The van der Waals surface area contributed by atoms with Gasteiger partial charge in [-0.15, -0.1) is 0 Å². The maximum atomic E-state index is 5.62. The number of nitrogen functional groups attached to an aromatic ring is 1. The maximum absolute atomic E-state index is 5.62. The van der Waals surface area contributed by atoms with Crippen LogP contribution in [-0.2, 0) is 16.8 Å². The summed E-state index contributed by atoms with van der Waals surface area (Å²) >= 11 is 0. The number of benzene rings is 1. The molecule has 0 atom stereocenters. The molecule has 4 heteroatoms. The van der Waals surface area contributed by atoms with Crippen molar-refractivity contribution in [1.82, 2.24) is 4.98 Å². The van der Waals surface area contributed by atoms with Gasteiger partial charge in [-0.3, -0.25) is 10.8 Å². The number of nitrogens with one attached hydrogen (secondary N) is 1. The van der Waals surface area contributed by atoms with Crippen molar-refractivity contribution in [2.75, 3.05) is 12.5 Å². The molecule has 0 saturated carbocycles. The first-order valence-corrected chi connectivity index (χ1v) is 6.35. The second-order valence-electron chi connectivity index (χ2n) is 5.72. The van der Waals surface area contributed by atoms with Gasteiger partial charge in [-0.05, 0) is 29.2 Å². The molecule has 0 bridgehead atoms. The lowest BCUT2D eigenvalue weighted by Crippen LogP contribution is -2.12. The number of hydrogen-bond acceptors (Lipinski definition) is 4. The van der Waals surface area contributed by atoms with Gasteiger partial charge in [-0.2, -0.15) is 0 Å². The van der Waals surface area contributed by atoms with Gasteiger partial charge in [0.25, 0.3) is 0 Å². The Bertz CT molecular complexity index is 588. The summed E-state index contributed by atoms with van der Waals surface area (Å²) in [7, 11) is 1.66. The highest BCUT2D eigenvalue weighted by Crippen LogP contribution is 2.29. The molecule has 102 valence electrons. The Hall–Kier alpha value is -1.65. The minimum Gasteiger partial charge on any atom is -0.378 e. The van der Waals surface area contributed by atoms with Crippen LogP contribution >= 0.6 is 0 Å². The molecule has 0 amide bonds. The zero-order valence-corrected chi connectivity index (χ0v) is 11.9. The molecule has 1 aromatic carbocycles. The predicted octanol–water partition coefficient (Wildman–Crippen LogP) is 2.96. The first-order chi connectivity index (χ1) is 8.95. The van der Waals surface area contributed by atoms with Gasteiger partial charge in [0.2, 0.25) is 0 Å². The number of hydrogen-bond donors (Lipinski definition) is 2. The van der Waals surface area contributed by atoms with E-state index in [1.54, 1.807) is 7.11 Å². The summed E-state index contributed by atoms with van der Waals surface area (Å²) in [6.45, 7) is 7.05. The highest BCUT2D eigenvalue weighted by Gasteiger charge is 2.15. The number of nitrogens with two attached hydrogens (primary N) is 1. The Kier molecular flexibility index (Phi) is 3.73. The number of hydrazine groups is 1. The number of rotatable bonds is 3. The molecule has 0 radical (unpaired) electrons. The normalized spacial score (nSPS) is 11.8. The monoisotopic (exact) mass is 259 g/mol. The van der Waals surface area contributed by atoms with Crippen molar-refractivity contribution in [2.45, 2.75) is 32.8 Å². The third-order valence-corrected chi connectivity index (χ3v) is 3.18. The van der Waals surface area contributed by atoms with E-state index in [2.05, 4.69) is 43.3 Å². The van der Waals surface area contributed by atoms with E-state index in [4.69, 9.17) is 10.6 Å². The summed E-state index contributed by atoms with van der Waals surface area (Å²) < 4.78 is 5.12. The Morgan fingerprint density at radius 3 is 2.58 bits per heavy atom. The molecule has 0 aliphatic heterocycles. The van der Waals surface area contributed by atoms with E-state index in [0.717, 1.165) is 22.3 Å². The first kappa shape index (κ1) is 13.8. The lowest BCUT2D eigenvalue weighted by Gasteiger charge is -2.20. The molecule has 0 fully saturated rings. The summed E-state index contributed by atoms with van der Waals surface area (Å²) in [5.41, 5.74) is 6.79. The van der Waals surface area contributed by atoms with Crippen LogP contribution in [0.15, 0.2) is 24.3 Å². The second-order valence-corrected chi connectivity index (χ2v) is 5.72. The lowest BCUT2D eigenvalue weighted by atomic mass is 9.86. The summed E-state index contributed by atoms with van der Waals surface area (Å²) in [4.78, 5) is 4.58. The SMILES string of the molecule is COCc1cc(NN)c2cc(C(C)(C)C)ccc2n1. The molecule has 0 spiro atoms. The largest absolute Gasteiger partial charge is 0.378 e. The summed E-state index contributed by atoms with van der Waals surface area (Å²) in [5, 5.41) is 1.04. The Labute approximate surface area is 113 Å². The van der Waals surface area contributed by atoms with Crippen molar-refractivity contribution in [3.63, 3.8) is 0 Å². The highest BCUT2D eigenvalue weighted by atomic mass is 16.5. The van der Waals surface area contributed by atoms with Gasteiger partial charge < -0.3 is 10.2 Å². The fraction of sp³-hybridized carbons (Fsp3) is 0.400. The van der Waals surface area contributed by atoms with Gasteiger partial charge in [-0.1, -0.05) is 26.8 Å². The van der Waals surface area contributed by atoms with Crippen molar-refractivity contribution in [2.24, 2.45) is 5.84 Å². The molecular weight excluding hydrogens is 238 g/mol. The van der Waals surface area contributed by atoms with Crippen LogP contribution in [0.4, 0.5) is 5.69 Å². The number of methoxy groups -OCH3 is 1. The Morgan fingerprint density at radius 1 is 1.26 bits per heavy atom. The quantitative estimate of drug-likeness (QED) is 0.657. The third-order valence-electron chi connectivity index (χ3n) is 3.18. The second kappa shape index (κ2) is 5.15. The number of aromatic nitrogens is 1. The maximum Gasteiger partial charge on any atom is 0.0885 e. The zero-order chi connectivity index (χ0) is 14.0. The summed E-state index contributed by atoms with van der Waals surface area (Å²) in [5.74, 6) is 5.62. The molecule has 3 N–H and O–H groups in total.